The van der Waals surface area contributed by atoms with Crippen molar-refractivity contribution in [3.63, 3.8) is 0 Å². The normalized spacial score (nSPS) is 14.6. The number of aryl methyl sites for hydroxylation is 1. The van der Waals surface area contributed by atoms with Crippen LogP contribution in [0, 0.1) is 19.8 Å². The van der Waals surface area contributed by atoms with Gasteiger partial charge in [-0.15, -0.1) is 0 Å². The summed E-state index contributed by atoms with van der Waals surface area (Å²) in [5.41, 5.74) is 3.40. The smallest absolute Gasteiger partial charge is 0.255 e. The predicted octanol–water partition coefficient (Wildman–Crippen LogP) is 4.49. The molecule has 0 N–H and O–H groups in total. The second-order valence-corrected chi connectivity index (χ2v) is 8.11. The van der Waals surface area contributed by atoms with Crippen LogP contribution in [0.25, 0.3) is 0 Å². The maximum absolute atomic E-state index is 13.2. The number of ketones is 1. The number of nitrogens with zero attached hydrogens (tertiary/aromatic N) is 2. The van der Waals surface area contributed by atoms with Crippen molar-refractivity contribution in [3.8, 4) is 5.75 Å². The van der Waals surface area contributed by atoms with Crippen LogP contribution in [0.1, 0.15) is 50.7 Å². The molecule has 0 aliphatic carbocycles. The highest BCUT2D eigenvalue weighted by molar-refractivity contribution is 5.99. The molecule has 0 radical (unpaired) electrons. The van der Waals surface area contributed by atoms with Crippen LogP contribution in [0.5, 0.6) is 5.75 Å². The number of ether oxygens (including phenoxy) is 1. The first kappa shape index (κ1) is 21.0. The first-order chi connectivity index (χ1) is 15.0. The number of carbonyl (C=O) groups excluding carboxylic acids is 2. The molecule has 1 fully saturated rings. The van der Waals surface area contributed by atoms with Gasteiger partial charge in [-0.25, -0.2) is 0 Å². The number of piperidine rings is 1. The third kappa shape index (κ3) is 4.29. The van der Waals surface area contributed by atoms with Crippen molar-refractivity contribution in [3.05, 3.63) is 77.0 Å². The highest BCUT2D eigenvalue weighted by Gasteiger charge is 2.30. The number of furan rings is 1. The van der Waals surface area contributed by atoms with Gasteiger partial charge in [0, 0.05) is 36.0 Å². The van der Waals surface area contributed by atoms with Crippen LogP contribution in [0.4, 0.5) is 0 Å². The van der Waals surface area contributed by atoms with Gasteiger partial charge in [-0.2, -0.15) is 0 Å². The molecule has 1 aliphatic heterocycles. The van der Waals surface area contributed by atoms with Gasteiger partial charge in [0.15, 0.2) is 5.78 Å². The minimum absolute atomic E-state index is 0.0362. The number of benzene rings is 1. The van der Waals surface area contributed by atoms with Gasteiger partial charge in [0.2, 0.25) is 0 Å². The van der Waals surface area contributed by atoms with Crippen molar-refractivity contribution in [2.75, 3.05) is 20.2 Å². The van der Waals surface area contributed by atoms with Crippen LogP contribution < -0.4 is 4.74 Å². The van der Waals surface area contributed by atoms with E-state index >= 15 is 0 Å². The Labute approximate surface area is 182 Å². The molecule has 1 saturated heterocycles. The fourth-order valence-electron chi connectivity index (χ4n) is 4.33. The molecule has 4 rings (SSSR count). The van der Waals surface area contributed by atoms with E-state index in [0.29, 0.717) is 38.0 Å². The first-order valence-corrected chi connectivity index (χ1v) is 10.6. The zero-order valence-electron chi connectivity index (χ0n) is 18.3. The maximum atomic E-state index is 13.2. The molecular formula is C25H28N2O4. The number of amides is 1. The SMILES string of the molecule is COc1ccc(C(=O)C2CCN(C(=O)c3cc(C)n(Cc4ccco4)c3C)CC2)cc1. The number of methoxy groups -OCH3 is 1. The van der Waals surface area contributed by atoms with E-state index in [9.17, 15) is 9.59 Å². The van der Waals surface area contributed by atoms with Gasteiger partial charge >= 0.3 is 0 Å². The van der Waals surface area contributed by atoms with Crippen molar-refractivity contribution in [1.29, 1.82) is 0 Å². The van der Waals surface area contributed by atoms with Crippen molar-refractivity contribution >= 4 is 11.7 Å². The third-order valence-corrected chi connectivity index (χ3v) is 6.23. The van der Waals surface area contributed by atoms with Crippen molar-refractivity contribution in [2.45, 2.75) is 33.2 Å². The zero-order chi connectivity index (χ0) is 22.0. The van der Waals surface area contributed by atoms with E-state index in [-0.39, 0.29) is 17.6 Å². The van der Waals surface area contributed by atoms with Gasteiger partial charge in [-0.3, -0.25) is 9.59 Å². The van der Waals surface area contributed by atoms with Crippen LogP contribution in [-0.4, -0.2) is 41.4 Å². The highest BCUT2D eigenvalue weighted by atomic mass is 16.5. The summed E-state index contributed by atoms with van der Waals surface area (Å²) in [4.78, 5) is 27.9. The van der Waals surface area contributed by atoms with Gasteiger partial charge in [0.1, 0.15) is 11.5 Å². The lowest BCUT2D eigenvalue weighted by atomic mass is 9.88. The Hall–Kier alpha value is -3.28. The van der Waals surface area contributed by atoms with E-state index in [4.69, 9.17) is 9.15 Å². The lowest BCUT2D eigenvalue weighted by molar-refractivity contribution is 0.0649. The molecule has 162 valence electrons. The fourth-order valence-corrected chi connectivity index (χ4v) is 4.33. The lowest BCUT2D eigenvalue weighted by Crippen LogP contribution is -2.40. The quantitative estimate of drug-likeness (QED) is 0.551. The molecule has 0 spiro atoms. The Morgan fingerprint density at radius 3 is 2.42 bits per heavy atom. The predicted molar refractivity (Wildman–Crippen MR) is 118 cm³/mol. The summed E-state index contributed by atoms with van der Waals surface area (Å²) in [7, 11) is 1.61. The Morgan fingerprint density at radius 1 is 1.10 bits per heavy atom. The minimum Gasteiger partial charge on any atom is -0.497 e. The minimum atomic E-state index is -0.0520. The maximum Gasteiger partial charge on any atom is 0.255 e. The topological polar surface area (TPSA) is 64.7 Å². The highest BCUT2D eigenvalue weighted by Crippen LogP contribution is 2.26. The number of likely N-dealkylation sites (tertiary alicyclic amines) is 1. The summed E-state index contributed by atoms with van der Waals surface area (Å²) in [6, 6.07) is 13.0. The number of hydrogen-bond acceptors (Lipinski definition) is 4. The Bertz CT molecular complexity index is 1060. The van der Waals surface area contributed by atoms with Crippen LogP contribution in [0.2, 0.25) is 0 Å². The van der Waals surface area contributed by atoms with Gasteiger partial charge in [0.25, 0.3) is 5.91 Å². The summed E-state index contributed by atoms with van der Waals surface area (Å²) in [5, 5.41) is 0. The molecule has 31 heavy (non-hydrogen) atoms. The van der Waals surface area contributed by atoms with Crippen LogP contribution in [-0.2, 0) is 6.54 Å². The lowest BCUT2D eigenvalue weighted by Gasteiger charge is -2.31. The Balaban J connectivity index is 1.40. The molecule has 0 bridgehead atoms. The molecule has 0 unspecified atom stereocenters. The van der Waals surface area contributed by atoms with Crippen LogP contribution in [0.15, 0.2) is 53.1 Å². The van der Waals surface area contributed by atoms with Gasteiger partial charge in [-0.1, -0.05) is 0 Å². The average molecular weight is 421 g/mol. The van der Waals surface area contributed by atoms with E-state index in [0.717, 1.165) is 28.5 Å². The van der Waals surface area contributed by atoms with Crippen molar-refractivity contribution in [2.24, 2.45) is 5.92 Å². The van der Waals surface area contributed by atoms with Crippen molar-refractivity contribution in [1.82, 2.24) is 9.47 Å². The van der Waals surface area contributed by atoms with Gasteiger partial charge in [0.05, 0.1) is 25.5 Å². The van der Waals surface area contributed by atoms with Crippen molar-refractivity contribution < 1.29 is 18.7 Å². The summed E-state index contributed by atoms with van der Waals surface area (Å²) < 4.78 is 12.7. The molecule has 1 amide bonds. The molecule has 6 nitrogen and oxygen atoms in total. The molecule has 0 atom stereocenters. The fraction of sp³-hybridized carbons (Fsp3) is 0.360. The summed E-state index contributed by atoms with van der Waals surface area (Å²) in [6.07, 6.45) is 3.02. The molecule has 3 aromatic rings. The molecule has 3 heterocycles. The Morgan fingerprint density at radius 2 is 1.81 bits per heavy atom. The second kappa shape index (κ2) is 8.84. The summed E-state index contributed by atoms with van der Waals surface area (Å²) >= 11 is 0. The van der Waals surface area contributed by atoms with E-state index in [1.54, 1.807) is 13.4 Å². The largest absolute Gasteiger partial charge is 0.497 e. The van der Waals surface area contributed by atoms with E-state index in [1.165, 1.54) is 0 Å². The number of aromatic nitrogens is 1. The van der Waals surface area contributed by atoms with E-state index < -0.39 is 0 Å². The Kier molecular flexibility index (Phi) is 5.98. The number of carbonyl (C=O) groups is 2. The van der Waals surface area contributed by atoms with E-state index in [2.05, 4.69) is 4.57 Å². The molecular weight excluding hydrogens is 392 g/mol. The van der Waals surface area contributed by atoms with Crippen LogP contribution in [0.3, 0.4) is 0 Å². The third-order valence-electron chi connectivity index (χ3n) is 6.23. The second-order valence-electron chi connectivity index (χ2n) is 8.11. The first-order valence-electron chi connectivity index (χ1n) is 10.6. The van der Waals surface area contributed by atoms with Gasteiger partial charge < -0.3 is 18.6 Å². The molecule has 6 heteroatoms. The number of Topliss-reactive ketones (excluding diaryl/α,β-unsaturated/α-hetero) is 1. The average Bonchev–Trinajstić information content (AvgIpc) is 3.42. The van der Waals surface area contributed by atoms with Gasteiger partial charge in [-0.05, 0) is 69.2 Å². The molecule has 1 aromatic carbocycles. The number of hydrogen-bond donors (Lipinski definition) is 0. The molecule has 1 aliphatic rings. The summed E-state index contributed by atoms with van der Waals surface area (Å²) in [5.74, 6) is 1.73. The molecule has 0 saturated carbocycles. The molecule has 2 aromatic heterocycles. The number of rotatable bonds is 6. The van der Waals surface area contributed by atoms with E-state index in [1.807, 2.05) is 61.2 Å². The summed E-state index contributed by atoms with van der Waals surface area (Å²) in [6.45, 7) is 5.77. The monoisotopic (exact) mass is 420 g/mol. The zero-order valence-corrected chi connectivity index (χ0v) is 18.3. The standard InChI is InChI=1S/C25H28N2O4/c1-17-15-23(18(2)27(17)16-22-5-4-14-31-22)25(29)26-12-10-20(11-13-26)24(28)19-6-8-21(30-3)9-7-19/h4-9,14-15,20H,10-13,16H2,1-3H3. The van der Waals surface area contributed by atoms with Crippen LogP contribution >= 0.6 is 0 Å².